The Kier molecular flexibility index (Phi) is 3.50. The fourth-order valence-corrected chi connectivity index (χ4v) is 3.81. The van der Waals surface area contributed by atoms with Crippen molar-refractivity contribution in [2.24, 2.45) is 7.05 Å². The molecule has 4 nitrogen and oxygen atoms in total. The van der Waals surface area contributed by atoms with E-state index in [1.807, 2.05) is 31.1 Å². The third kappa shape index (κ3) is 2.15. The van der Waals surface area contributed by atoms with E-state index in [-0.39, 0.29) is 0 Å². The summed E-state index contributed by atoms with van der Waals surface area (Å²) in [4.78, 5) is 4.60. The molecule has 0 fully saturated rings. The molecule has 0 saturated carbocycles. The van der Waals surface area contributed by atoms with Gasteiger partial charge in [0.1, 0.15) is 21.4 Å². The summed E-state index contributed by atoms with van der Waals surface area (Å²) in [7, 11) is 1.92. The Bertz CT molecular complexity index is 847. The Labute approximate surface area is 133 Å². The van der Waals surface area contributed by atoms with Crippen LogP contribution < -0.4 is 0 Å². The number of nitrogens with zero attached hydrogens (tertiary/aromatic N) is 4. The number of thioether (sulfide) groups is 1. The Balaban J connectivity index is 2.40. The van der Waals surface area contributed by atoms with Gasteiger partial charge in [-0.2, -0.15) is 5.10 Å². The minimum absolute atomic E-state index is 0.699. The second kappa shape index (κ2) is 5.07. The molecule has 3 heterocycles. The predicted octanol–water partition coefficient (Wildman–Crippen LogP) is 4.04. The molecule has 0 atom stereocenters. The number of hydrogen-bond acceptors (Lipinski definition) is 3. The van der Waals surface area contributed by atoms with E-state index in [9.17, 15) is 0 Å². The first kappa shape index (κ1) is 14.5. The van der Waals surface area contributed by atoms with Crippen LogP contribution in [0, 0.1) is 20.8 Å². The standard InChI is InChI=1S/C15H17ClN4S/c1-8-6-9(2)14-17-10(3)7-20(14)13(8)12-11(16)15(21-5)19(4)18-12/h6-7H,1-5H3. The maximum Gasteiger partial charge on any atom is 0.140 e. The first-order chi connectivity index (χ1) is 9.93. The van der Waals surface area contributed by atoms with Gasteiger partial charge in [-0.25, -0.2) is 4.98 Å². The molecule has 3 aromatic rings. The molecule has 0 saturated heterocycles. The zero-order chi connectivity index (χ0) is 15.3. The quantitative estimate of drug-likeness (QED) is 0.669. The van der Waals surface area contributed by atoms with Crippen LogP contribution in [0.4, 0.5) is 0 Å². The molecule has 0 aliphatic heterocycles. The molecule has 0 radical (unpaired) electrons. The van der Waals surface area contributed by atoms with Crippen LogP contribution in [0.15, 0.2) is 17.3 Å². The summed E-state index contributed by atoms with van der Waals surface area (Å²) >= 11 is 8.15. The Morgan fingerprint density at radius 2 is 1.90 bits per heavy atom. The highest BCUT2D eigenvalue weighted by Gasteiger charge is 2.20. The molecule has 0 aliphatic carbocycles. The van der Waals surface area contributed by atoms with Crippen LogP contribution in [0.3, 0.4) is 0 Å². The van der Waals surface area contributed by atoms with E-state index < -0.39 is 0 Å². The highest BCUT2D eigenvalue weighted by Crippen LogP contribution is 2.36. The number of hydrogen-bond donors (Lipinski definition) is 0. The van der Waals surface area contributed by atoms with Crippen molar-refractivity contribution in [3.8, 4) is 11.4 Å². The van der Waals surface area contributed by atoms with Gasteiger partial charge < -0.3 is 0 Å². The Hall–Kier alpha value is -1.46. The van der Waals surface area contributed by atoms with Crippen LogP contribution in [-0.4, -0.2) is 25.4 Å². The van der Waals surface area contributed by atoms with Gasteiger partial charge in [0.15, 0.2) is 0 Å². The summed E-state index contributed by atoms with van der Waals surface area (Å²) in [6.45, 7) is 6.16. The van der Waals surface area contributed by atoms with Crippen LogP contribution in [-0.2, 0) is 7.05 Å². The second-order valence-electron chi connectivity index (χ2n) is 5.23. The number of aryl methyl sites for hydroxylation is 4. The van der Waals surface area contributed by atoms with Crippen LogP contribution in [0.1, 0.15) is 16.8 Å². The number of rotatable bonds is 2. The Morgan fingerprint density at radius 1 is 1.19 bits per heavy atom. The van der Waals surface area contributed by atoms with Crippen molar-refractivity contribution >= 4 is 29.0 Å². The fourth-order valence-electron chi connectivity index (χ4n) is 2.75. The number of halogens is 1. The van der Waals surface area contributed by atoms with Gasteiger partial charge in [-0.3, -0.25) is 9.08 Å². The highest BCUT2D eigenvalue weighted by molar-refractivity contribution is 7.98. The second-order valence-corrected chi connectivity index (χ2v) is 6.40. The summed E-state index contributed by atoms with van der Waals surface area (Å²) < 4.78 is 3.93. The minimum atomic E-state index is 0.699. The van der Waals surface area contributed by atoms with Crippen LogP contribution >= 0.6 is 23.4 Å². The van der Waals surface area contributed by atoms with Crippen molar-refractivity contribution in [3.63, 3.8) is 0 Å². The average Bonchev–Trinajstić information content (AvgIpc) is 2.91. The summed E-state index contributed by atoms with van der Waals surface area (Å²) in [6, 6.07) is 2.14. The van der Waals surface area contributed by atoms with Gasteiger partial charge in [0.2, 0.25) is 0 Å². The SMILES string of the molecule is CSc1c(Cl)c(-c2c(C)cc(C)c3nc(C)cn23)nn1C. The van der Waals surface area contributed by atoms with E-state index in [0.717, 1.165) is 38.9 Å². The maximum absolute atomic E-state index is 6.55. The first-order valence-electron chi connectivity index (χ1n) is 6.66. The fraction of sp³-hybridized carbons (Fsp3) is 0.333. The molecule has 0 aliphatic rings. The van der Waals surface area contributed by atoms with Gasteiger partial charge >= 0.3 is 0 Å². The normalized spacial score (nSPS) is 11.5. The number of aromatic nitrogens is 4. The molecule has 3 rings (SSSR count). The lowest BCUT2D eigenvalue weighted by molar-refractivity contribution is 0.701. The molecule has 110 valence electrons. The summed E-state index contributed by atoms with van der Waals surface area (Å²) in [5, 5.41) is 6.28. The van der Waals surface area contributed by atoms with Crippen molar-refractivity contribution in [3.05, 3.63) is 34.1 Å². The van der Waals surface area contributed by atoms with Gasteiger partial charge in [0, 0.05) is 13.2 Å². The molecule has 0 amide bonds. The van der Waals surface area contributed by atoms with Gasteiger partial charge in [0.05, 0.1) is 11.4 Å². The predicted molar refractivity (Wildman–Crippen MR) is 88.4 cm³/mol. The van der Waals surface area contributed by atoms with Crippen molar-refractivity contribution in [2.75, 3.05) is 6.26 Å². The smallest absolute Gasteiger partial charge is 0.140 e. The van der Waals surface area contributed by atoms with E-state index in [0.29, 0.717) is 5.02 Å². The van der Waals surface area contributed by atoms with Gasteiger partial charge in [-0.15, -0.1) is 11.8 Å². The summed E-state index contributed by atoms with van der Waals surface area (Å²) in [6.07, 6.45) is 4.04. The largest absolute Gasteiger partial charge is 0.297 e. The molecule has 3 aromatic heterocycles. The third-order valence-corrected chi connectivity index (χ3v) is 4.91. The highest BCUT2D eigenvalue weighted by atomic mass is 35.5. The van der Waals surface area contributed by atoms with Gasteiger partial charge in [-0.05, 0) is 38.2 Å². The van der Waals surface area contributed by atoms with Crippen LogP contribution in [0.25, 0.3) is 17.0 Å². The third-order valence-electron chi connectivity index (χ3n) is 3.58. The molecular weight excluding hydrogens is 304 g/mol. The monoisotopic (exact) mass is 320 g/mol. The van der Waals surface area contributed by atoms with Crippen LogP contribution in [0.2, 0.25) is 5.02 Å². The summed E-state index contributed by atoms with van der Waals surface area (Å²) in [5.74, 6) is 0. The van der Waals surface area contributed by atoms with Crippen molar-refractivity contribution in [1.29, 1.82) is 0 Å². The molecule has 6 heteroatoms. The number of pyridine rings is 1. The van der Waals surface area contributed by atoms with Crippen molar-refractivity contribution < 1.29 is 0 Å². The first-order valence-corrected chi connectivity index (χ1v) is 8.27. The molecule has 0 N–H and O–H groups in total. The summed E-state index contributed by atoms with van der Waals surface area (Å²) in [5.41, 5.74) is 6.06. The van der Waals surface area contributed by atoms with E-state index in [1.54, 1.807) is 11.8 Å². The lowest BCUT2D eigenvalue weighted by atomic mass is 10.1. The lowest BCUT2D eigenvalue weighted by Crippen LogP contribution is -1.99. The number of imidazole rings is 1. The molecular formula is C15H17ClN4S. The maximum atomic E-state index is 6.55. The lowest BCUT2D eigenvalue weighted by Gasteiger charge is -2.09. The number of fused-ring (bicyclic) bond motifs is 1. The van der Waals surface area contributed by atoms with E-state index >= 15 is 0 Å². The zero-order valence-electron chi connectivity index (χ0n) is 12.7. The van der Waals surface area contributed by atoms with Gasteiger partial charge in [0.25, 0.3) is 0 Å². The van der Waals surface area contributed by atoms with E-state index in [2.05, 4.69) is 34.4 Å². The molecule has 21 heavy (non-hydrogen) atoms. The average molecular weight is 321 g/mol. The van der Waals surface area contributed by atoms with Crippen molar-refractivity contribution in [2.45, 2.75) is 25.8 Å². The minimum Gasteiger partial charge on any atom is -0.297 e. The Morgan fingerprint density at radius 3 is 2.52 bits per heavy atom. The van der Waals surface area contributed by atoms with Gasteiger partial charge in [-0.1, -0.05) is 17.7 Å². The molecule has 0 bridgehead atoms. The van der Waals surface area contributed by atoms with Crippen LogP contribution in [0.5, 0.6) is 0 Å². The topological polar surface area (TPSA) is 35.1 Å². The molecule has 0 aromatic carbocycles. The molecule has 0 unspecified atom stereocenters. The zero-order valence-corrected chi connectivity index (χ0v) is 14.3. The van der Waals surface area contributed by atoms with Crippen molar-refractivity contribution in [1.82, 2.24) is 19.2 Å². The molecule has 0 spiro atoms. The van der Waals surface area contributed by atoms with E-state index in [4.69, 9.17) is 11.6 Å². The van der Waals surface area contributed by atoms with E-state index in [1.165, 1.54) is 0 Å².